The Morgan fingerprint density at radius 2 is 2.20 bits per heavy atom. The van der Waals surface area contributed by atoms with Gasteiger partial charge in [0.05, 0.1) is 0 Å². The van der Waals surface area contributed by atoms with E-state index in [-0.39, 0.29) is 0 Å². The minimum absolute atomic E-state index is 0.665. The Hall–Kier alpha value is -1.42. The number of aldehydes is 1. The lowest BCUT2D eigenvalue weighted by atomic mass is 9.84. The van der Waals surface area contributed by atoms with E-state index < -0.39 is 0 Å². The molecule has 108 valence electrons. The Balaban J connectivity index is 1.77. The first-order valence-corrected chi connectivity index (χ1v) is 7.56. The summed E-state index contributed by atoms with van der Waals surface area (Å²) in [7, 11) is 2.26. The molecule has 3 rings (SSSR count). The molecule has 1 aromatic heterocycles. The van der Waals surface area contributed by atoms with Crippen LogP contribution in [0.2, 0.25) is 0 Å². The lowest BCUT2D eigenvalue weighted by Gasteiger charge is -2.46. The molecular formula is C16H23N3O. The van der Waals surface area contributed by atoms with E-state index in [0.717, 1.165) is 42.7 Å². The molecule has 2 aliphatic heterocycles. The number of piperidine rings is 2. The van der Waals surface area contributed by atoms with Crippen molar-refractivity contribution in [2.75, 3.05) is 31.6 Å². The van der Waals surface area contributed by atoms with Crippen LogP contribution in [0.15, 0.2) is 12.3 Å². The Kier molecular flexibility index (Phi) is 3.74. The molecule has 4 heteroatoms. The second kappa shape index (κ2) is 5.52. The first-order valence-electron chi connectivity index (χ1n) is 7.56. The van der Waals surface area contributed by atoms with E-state index in [2.05, 4.69) is 28.8 Å². The Labute approximate surface area is 120 Å². The van der Waals surface area contributed by atoms with E-state index in [0.29, 0.717) is 5.56 Å². The first kappa shape index (κ1) is 13.6. The molecule has 2 atom stereocenters. The number of hydrogen-bond acceptors (Lipinski definition) is 4. The maximum Gasteiger partial charge on any atom is 0.151 e. The smallest absolute Gasteiger partial charge is 0.151 e. The predicted molar refractivity (Wildman–Crippen MR) is 80.3 cm³/mol. The molecule has 3 heterocycles. The number of nitrogens with zero attached hydrogens (tertiary/aromatic N) is 3. The maximum atomic E-state index is 10.8. The number of pyridine rings is 1. The van der Waals surface area contributed by atoms with Gasteiger partial charge in [-0.05, 0) is 57.3 Å². The Bertz CT molecular complexity index is 502. The average Bonchev–Trinajstić information content (AvgIpc) is 2.47. The molecule has 2 fully saturated rings. The summed E-state index contributed by atoms with van der Waals surface area (Å²) in [5.74, 6) is 1.82. The fourth-order valence-electron chi connectivity index (χ4n) is 3.83. The molecule has 4 nitrogen and oxygen atoms in total. The van der Waals surface area contributed by atoms with E-state index >= 15 is 0 Å². The van der Waals surface area contributed by atoms with Crippen molar-refractivity contribution < 1.29 is 4.79 Å². The van der Waals surface area contributed by atoms with Crippen molar-refractivity contribution in [1.82, 2.24) is 9.88 Å². The zero-order valence-electron chi connectivity index (χ0n) is 12.4. The van der Waals surface area contributed by atoms with Crippen LogP contribution in [0.4, 0.5) is 5.82 Å². The summed E-state index contributed by atoms with van der Waals surface area (Å²) >= 11 is 0. The second-order valence-corrected chi connectivity index (χ2v) is 6.21. The van der Waals surface area contributed by atoms with Crippen molar-refractivity contribution in [3.05, 3.63) is 23.4 Å². The number of carbonyl (C=O) groups is 1. The highest BCUT2D eigenvalue weighted by molar-refractivity contribution is 5.75. The highest BCUT2D eigenvalue weighted by atomic mass is 16.1. The summed E-state index contributed by atoms with van der Waals surface area (Å²) in [6, 6.07) is 2.68. The Morgan fingerprint density at radius 3 is 2.95 bits per heavy atom. The predicted octanol–water partition coefficient (Wildman–Crippen LogP) is 2.12. The molecule has 0 aliphatic carbocycles. The monoisotopic (exact) mass is 273 g/mol. The molecule has 2 saturated heterocycles. The van der Waals surface area contributed by atoms with Crippen molar-refractivity contribution in [3.8, 4) is 0 Å². The van der Waals surface area contributed by atoms with Crippen molar-refractivity contribution in [3.63, 3.8) is 0 Å². The van der Waals surface area contributed by atoms with Gasteiger partial charge in [-0.3, -0.25) is 4.79 Å². The van der Waals surface area contributed by atoms with Crippen LogP contribution < -0.4 is 4.90 Å². The Morgan fingerprint density at radius 1 is 1.35 bits per heavy atom. The van der Waals surface area contributed by atoms with Crippen molar-refractivity contribution in [1.29, 1.82) is 0 Å². The van der Waals surface area contributed by atoms with Crippen LogP contribution in [0.1, 0.15) is 35.2 Å². The third kappa shape index (κ3) is 2.44. The van der Waals surface area contributed by atoms with Crippen LogP contribution in [-0.2, 0) is 0 Å². The number of likely N-dealkylation sites (tertiary alicyclic amines) is 1. The highest BCUT2D eigenvalue weighted by Gasteiger charge is 2.34. The zero-order valence-corrected chi connectivity index (χ0v) is 12.4. The number of aromatic nitrogens is 1. The van der Waals surface area contributed by atoms with Crippen LogP contribution in [-0.4, -0.2) is 48.9 Å². The number of carbonyl (C=O) groups excluding carboxylic acids is 1. The van der Waals surface area contributed by atoms with Crippen LogP contribution in [0.5, 0.6) is 0 Å². The molecule has 1 aromatic rings. The van der Waals surface area contributed by atoms with Crippen LogP contribution in [0, 0.1) is 12.8 Å². The van der Waals surface area contributed by atoms with Gasteiger partial charge in [0.2, 0.25) is 0 Å². The van der Waals surface area contributed by atoms with Gasteiger partial charge in [0.25, 0.3) is 0 Å². The zero-order chi connectivity index (χ0) is 14.1. The van der Waals surface area contributed by atoms with Gasteiger partial charge in [0.15, 0.2) is 6.29 Å². The number of hydrogen-bond donors (Lipinski definition) is 0. The summed E-state index contributed by atoms with van der Waals surface area (Å²) in [6.07, 6.45) is 6.41. The summed E-state index contributed by atoms with van der Waals surface area (Å²) in [5.41, 5.74) is 1.77. The van der Waals surface area contributed by atoms with E-state index in [1.54, 1.807) is 6.20 Å². The largest absolute Gasteiger partial charge is 0.356 e. The molecule has 0 radical (unpaired) electrons. The standard InChI is InChI=1S/C16H23N3O/c1-12-8-13(11-20)9-17-16(12)19-7-5-15-14(10-19)4-3-6-18(15)2/h8-9,11,14-15H,3-7,10H2,1-2H3. The fourth-order valence-corrected chi connectivity index (χ4v) is 3.83. The maximum absolute atomic E-state index is 10.8. The van der Waals surface area contributed by atoms with Gasteiger partial charge in [0, 0.05) is 30.9 Å². The molecule has 0 amide bonds. The van der Waals surface area contributed by atoms with Gasteiger partial charge in [-0.15, -0.1) is 0 Å². The summed E-state index contributed by atoms with van der Waals surface area (Å²) in [5, 5.41) is 0. The fraction of sp³-hybridized carbons (Fsp3) is 0.625. The molecule has 2 unspecified atom stereocenters. The third-order valence-electron chi connectivity index (χ3n) is 4.85. The minimum atomic E-state index is 0.665. The molecule has 0 N–H and O–H groups in total. The SMILES string of the molecule is Cc1cc(C=O)cnc1N1CCC2C(CCCN2C)C1. The van der Waals surface area contributed by atoms with Gasteiger partial charge in [-0.1, -0.05) is 0 Å². The van der Waals surface area contributed by atoms with Gasteiger partial charge in [-0.2, -0.15) is 0 Å². The molecule has 0 bridgehead atoms. The van der Waals surface area contributed by atoms with Crippen LogP contribution in [0.25, 0.3) is 0 Å². The van der Waals surface area contributed by atoms with Gasteiger partial charge in [0.1, 0.15) is 5.82 Å². The van der Waals surface area contributed by atoms with Crippen molar-refractivity contribution in [2.45, 2.75) is 32.2 Å². The molecule has 0 saturated carbocycles. The molecule has 2 aliphatic rings. The van der Waals surface area contributed by atoms with E-state index in [4.69, 9.17) is 0 Å². The van der Waals surface area contributed by atoms with E-state index in [1.165, 1.54) is 25.8 Å². The quantitative estimate of drug-likeness (QED) is 0.773. The topological polar surface area (TPSA) is 36.4 Å². The number of fused-ring (bicyclic) bond motifs is 1. The van der Waals surface area contributed by atoms with Gasteiger partial charge < -0.3 is 9.80 Å². The molecule has 0 spiro atoms. The number of aryl methyl sites for hydroxylation is 1. The van der Waals surface area contributed by atoms with Crippen molar-refractivity contribution in [2.24, 2.45) is 5.92 Å². The molecular weight excluding hydrogens is 250 g/mol. The molecule has 0 aromatic carbocycles. The summed E-state index contributed by atoms with van der Waals surface area (Å²) in [4.78, 5) is 20.3. The highest BCUT2D eigenvalue weighted by Crippen LogP contribution is 2.32. The summed E-state index contributed by atoms with van der Waals surface area (Å²) in [6.45, 7) is 5.46. The lowest BCUT2D eigenvalue weighted by Crippen LogP contribution is -2.53. The molecule has 20 heavy (non-hydrogen) atoms. The van der Waals surface area contributed by atoms with Gasteiger partial charge >= 0.3 is 0 Å². The van der Waals surface area contributed by atoms with Crippen LogP contribution in [0.3, 0.4) is 0 Å². The summed E-state index contributed by atoms with van der Waals surface area (Å²) < 4.78 is 0. The third-order valence-corrected chi connectivity index (χ3v) is 4.85. The first-order chi connectivity index (χ1) is 9.69. The van der Waals surface area contributed by atoms with E-state index in [1.807, 2.05) is 6.07 Å². The van der Waals surface area contributed by atoms with Crippen LogP contribution >= 0.6 is 0 Å². The van der Waals surface area contributed by atoms with Gasteiger partial charge in [-0.25, -0.2) is 4.98 Å². The average molecular weight is 273 g/mol. The second-order valence-electron chi connectivity index (χ2n) is 6.21. The number of anilines is 1. The lowest BCUT2D eigenvalue weighted by molar-refractivity contribution is 0.102. The van der Waals surface area contributed by atoms with E-state index in [9.17, 15) is 4.79 Å². The normalized spacial score (nSPS) is 27.2. The minimum Gasteiger partial charge on any atom is -0.356 e. The van der Waals surface area contributed by atoms with Crippen molar-refractivity contribution >= 4 is 12.1 Å². The number of rotatable bonds is 2.